The molecule has 0 aromatic heterocycles. The zero-order valence-corrected chi connectivity index (χ0v) is 8.13. The Kier molecular flexibility index (Phi) is 4.24. The van der Waals surface area contributed by atoms with Crippen LogP contribution in [0, 0.1) is 5.41 Å². The summed E-state index contributed by atoms with van der Waals surface area (Å²) in [6.07, 6.45) is 1.83. The van der Waals surface area contributed by atoms with Gasteiger partial charge in [-0.1, -0.05) is 13.8 Å². The standard InChI is InChI=1S/C9H19NO2/c1-4-9(5-2,7(3)10)6-8(11)12/h7H,4-6,10H2,1-3H3,(H,11,12). The number of carbonyl (C=O) groups is 1. The zero-order chi connectivity index (χ0) is 9.78. The molecule has 0 rings (SSSR count). The first kappa shape index (κ1) is 11.4. The van der Waals surface area contributed by atoms with Gasteiger partial charge in [0.05, 0.1) is 6.42 Å². The van der Waals surface area contributed by atoms with Gasteiger partial charge < -0.3 is 10.8 Å². The van der Waals surface area contributed by atoms with Gasteiger partial charge >= 0.3 is 5.97 Å². The first-order valence-electron chi connectivity index (χ1n) is 4.46. The SMILES string of the molecule is CCC(CC)(CC(=O)O)C(C)N. The van der Waals surface area contributed by atoms with Crippen molar-refractivity contribution in [2.24, 2.45) is 11.1 Å². The molecule has 0 aliphatic carbocycles. The monoisotopic (exact) mass is 173 g/mol. The van der Waals surface area contributed by atoms with E-state index in [1.807, 2.05) is 20.8 Å². The molecular formula is C9H19NO2. The molecule has 0 saturated heterocycles. The molecule has 0 aliphatic rings. The molecule has 0 amide bonds. The Labute approximate surface area is 74.0 Å². The summed E-state index contributed by atoms with van der Waals surface area (Å²) in [5.41, 5.74) is 5.56. The van der Waals surface area contributed by atoms with E-state index < -0.39 is 5.97 Å². The van der Waals surface area contributed by atoms with E-state index in [1.165, 1.54) is 0 Å². The predicted octanol–water partition coefficient (Wildman–Crippen LogP) is 1.61. The lowest BCUT2D eigenvalue weighted by Gasteiger charge is -2.34. The molecule has 3 N–H and O–H groups in total. The number of hydrogen-bond donors (Lipinski definition) is 2. The van der Waals surface area contributed by atoms with E-state index in [0.29, 0.717) is 0 Å². The number of carboxylic acids is 1. The van der Waals surface area contributed by atoms with Gasteiger partial charge in [-0.25, -0.2) is 0 Å². The van der Waals surface area contributed by atoms with Gasteiger partial charge in [0.25, 0.3) is 0 Å². The van der Waals surface area contributed by atoms with Gasteiger partial charge in [-0.15, -0.1) is 0 Å². The summed E-state index contributed by atoms with van der Waals surface area (Å²) < 4.78 is 0. The lowest BCUT2D eigenvalue weighted by atomic mass is 9.74. The second-order valence-corrected chi connectivity index (χ2v) is 3.43. The van der Waals surface area contributed by atoms with E-state index in [-0.39, 0.29) is 17.9 Å². The summed E-state index contributed by atoms with van der Waals surface area (Å²) in [5, 5.41) is 8.70. The fraction of sp³-hybridized carbons (Fsp3) is 0.889. The third kappa shape index (κ3) is 2.48. The fourth-order valence-corrected chi connectivity index (χ4v) is 1.61. The molecule has 0 bridgehead atoms. The summed E-state index contributed by atoms with van der Waals surface area (Å²) in [6.45, 7) is 5.88. The van der Waals surface area contributed by atoms with E-state index in [4.69, 9.17) is 10.8 Å². The van der Waals surface area contributed by atoms with Crippen LogP contribution in [0.4, 0.5) is 0 Å². The number of carboxylic acid groups (broad SMARTS) is 1. The fourth-order valence-electron chi connectivity index (χ4n) is 1.61. The normalized spacial score (nSPS) is 14.3. The van der Waals surface area contributed by atoms with Gasteiger partial charge in [0, 0.05) is 6.04 Å². The molecule has 0 spiro atoms. The van der Waals surface area contributed by atoms with Crippen molar-refractivity contribution in [2.45, 2.75) is 46.1 Å². The summed E-state index contributed by atoms with van der Waals surface area (Å²) in [5.74, 6) is -0.754. The highest BCUT2D eigenvalue weighted by Crippen LogP contribution is 2.33. The van der Waals surface area contributed by atoms with Crippen molar-refractivity contribution in [3.8, 4) is 0 Å². The van der Waals surface area contributed by atoms with Crippen LogP contribution in [0.15, 0.2) is 0 Å². The van der Waals surface area contributed by atoms with Gasteiger partial charge in [-0.3, -0.25) is 4.79 Å². The first-order valence-corrected chi connectivity index (χ1v) is 4.46. The van der Waals surface area contributed by atoms with Gasteiger partial charge in [-0.05, 0) is 25.2 Å². The van der Waals surface area contributed by atoms with Crippen LogP contribution >= 0.6 is 0 Å². The van der Waals surface area contributed by atoms with Gasteiger partial charge in [-0.2, -0.15) is 0 Å². The van der Waals surface area contributed by atoms with E-state index in [1.54, 1.807) is 0 Å². The zero-order valence-electron chi connectivity index (χ0n) is 8.13. The largest absolute Gasteiger partial charge is 0.481 e. The third-order valence-electron chi connectivity index (χ3n) is 2.88. The van der Waals surface area contributed by atoms with Crippen LogP contribution in [0.25, 0.3) is 0 Å². The smallest absolute Gasteiger partial charge is 0.303 e. The summed E-state index contributed by atoms with van der Waals surface area (Å²) >= 11 is 0. The highest BCUT2D eigenvalue weighted by atomic mass is 16.4. The van der Waals surface area contributed by atoms with Gasteiger partial charge in [0.2, 0.25) is 0 Å². The predicted molar refractivity (Wildman–Crippen MR) is 48.9 cm³/mol. The molecule has 0 fully saturated rings. The molecule has 1 unspecified atom stereocenters. The van der Waals surface area contributed by atoms with Crippen molar-refractivity contribution < 1.29 is 9.90 Å². The van der Waals surface area contributed by atoms with E-state index in [2.05, 4.69) is 0 Å². The molecule has 72 valence electrons. The summed E-state index contributed by atoms with van der Waals surface area (Å²) in [6, 6.07) is -0.0522. The van der Waals surface area contributed by atoms with Crippen molar-refractivity contribution in [3.05, 3.63) is 0 Å². The molecule has 0 aromatic rings. The number of rotatable bonds is 5. The van der Waals surface area contributed by atoms with Crippen LogP contribution in [-0.2, 0) is 4.79 Å². The molecule has 0 aliphatic heterocycles. The molecule has 0 aromatic carbocycles. The Bertz CT molecular complexity index is 151. The Morgan fingerprint density at radius 1 is 1.50 bits per heavy atom. The Morgan fingerprint density at radius 3 is 2.00 bits per heavy atom. The minimum absolute atomic E-state index is 0.0522. The minimum atomic E-state index is -0.754. The minimum Gasteiger partial charge on any atom is -0.481 e. The number of hydrogen-bond acceptors (Lipinski definition) is 2. The third-order valence-corrected chi connectivity index (χ3v) is 2.88. The average molecular weight is 173 g/mol. The maximum absolute atomic E-state index is 10.6. The van der Waals surface area contributed by atoms with Crippen molar-refractivity contribution in [2.75, 3.05) is 0 Å². The lowest BCUT2D eigenvalue weighted by Crippen LogP contribution is -2.40. The highest BCUT2D eigenvalue weighted by molar-refractivity contribution is 5.67. The van der Waals surface area contributed by atoms with Crippen LogP contribution in [0.5, 0.6) is 0 Å². The van der Waals surface area contributed by atoms with Crippen LogP contribution in [0.1, 0.15) is 40.0 Å². The summed E-state index contributed by atoms with van der Waals surface area (Å²) in [7, 11) is 0. The van der Waals surface area contributed by atoms with Gasteiger partial charge in [0.15, 0.2) is 0 Å². The maximum Gasteiger partial charge on any atom is 0.303 e. The van der Waals surface area contributed by atoms with Crippen LogP contribution in [0.3, 0.4) is 0 Å². The molecule has 1 atom stereocenters. The maximum atomic E-state index is 10.6. The Hall–Kier alpha value is -0.570. The number of aliphatic carboxylic acids is 1. The molecular weight excluding hydrogens is 154 g/mol. The molecule has 3 heteroatoms. The molecule has 12 heavy (non-hydrogen) atoms. The van der Waals surface area contributed by atoms with Crippen molar-refractivity contribution in [1.82, 2.24) is 0 Å². The lowest BCUT2D eigenvalue weighted by molar-refractivity contribution is -0.140. The van der Waals surface area contributed by atoms with Gasteiger partial charge in [0.1, 0.15) is 0 Å². The summed E-state index contributed by atoms with van der Waals surface area (Å²) in [4.78, 5) is 10.6. The van der Waals surface area contributed by atoms with Crippen LogP contribution in [-0.4, -0.2) is 17.1 Å². The molecule has 0 saturated carbocycles. The quantitative estimate of drug-likeness (QED) is 0.664. The molecule has 3 nitrogen and oxygen atoms in total. The topological polar surface area (TPSA) is 63.3 Å². The second-order valence-electron chi connectivity index (χ2n) is 3.43. The Balaban J connectivity index is 4.46. The highest BCUT2D eigenvalue weighted by Gasteiger charge is 2.32. The van der Waals surface area contributed by atoms with E-state index in [0.717, 1.165) is 12.8 Å². The van der Waals surface area contributed by atoms with Crippen molar-refractivity contribution >= 4 is 5.97 Å². The van der Waals surface area contributed by atoms with Crippen LogP contribution < -0.4 is 5.73 Å². The second kappa shape index (κ2) is 4.45. The molecule has 0 radical (unpaired) electrons. The first-order chi connectivity index (χ1) is 5.48. The van der Waals surface area contributed by atoms with Crippen molar-refractivity contribution in [3.63, 3.8) is 0 Å². The Morgan fingerprint density at radius 2 is 1.92 bits per heavy atom. The number of nitrogens with two attached hydrogens (primary N) is 1. The molecule has 0 heterocycles. The van der Waals surface area contributed by atoms with Crippen molar-refractivity contribution in [1.29, 1.82) is 0 Å². The van der Waals surface area contributed by atoms with E-state index >= 15 is 0 Å². The van der Waals surface area contributed by atoms with E-state index in [9.17, 15) is 4.79 Å². The van der Waals surface area contributed by atoms with Crippen LogP contribution in [0.2, 0.25) is 0 Å². The average Bonchev–Trinajstić information content (AvgIpc) is 1.99.